The molecule has 0 aliphatic heterocycles. The number of carbonyl (C=O) groups excluding carboxylic acids is 1. The van der Waals surface area contributed by atoms with Gasteiger partial charge in [0.25, 0.3) is 5.91 Å². The number of amides is 1. The van der Waals surface area contributed by atoms with E-state index in [1.807, 2.05) is 5.32 Å². The van der Waals surface area contributed by atoms with E-state index in [1.54, 1.807) is 18.2 Å². The number of halogens is 4. The molecule has 0 aliphatic rings. The summed E-state index contributed by atoms with van der Waals surface area (Å²) in [7, 11) is 0. The number of alkyl halides is 3. The van der Waals surface area contributed by atoms with Gasteiger partial charge in [0.2, 0.25) is 0 Å². The molecular formula is C11H11ClF3NO3. The van der Waals surface area contributed by atoms with Crippen LogP contribution in [0.25, 0.3) is 0 Å². The SMILES string of the molecule is O=C(COc1cccc(Cl)c1)NCC(O)C(F)(F)F. The standard InChI is InChI=1S/C11H11ClF3NO3/c12-7-2-1-3-8(4-7)19-6-10(18)16-5-9(17)11(13,14)15/h1-4,9,17H,5-6H2,(H,16,18). The molecule has 0 saturated heterocycles. The first-order chi connectivity index (χ1) is 8.79. The van der Waals surface area contributed by atoms with Crippen LogP contribution in [-0.2, 0) is 4.79 Å². The predicted octanol–water partition coefficient (Wildman–Crippen LogP) is 1.76. The van der Waals surface area contributed by atoms with Crippen LogP contribution in [0.2, 0.25) is 5.02 Å². The molecule has 1 unspecified atom stereocenters. The summed E-state index contributed by atoms with van der Waals surface area (Å²) in [5.41, 5.74) is 0. The van der Waals surface area contributed by atoms with Crippen LogP contribution in [-0.4, -0.2) is 36.4 Å². The van der Waals surface area contributed by atoms with E-state index in [9.17, 15) is 18.0 Å². The van der Waals surface area contributed by atoms with Crippen LogP contribution >= 0.6 is 11.6 Å². The summed E-state index contributed by atoms with van der Waals surface area (Å²) in [6, 6.07) is 6.21. The number of carbonyl (C=O) groups is 1. The molecule has 0 aliphatic carbocycles. The number of hydrogen-bond acceptors (Lipinski definition) is 3. The Morgan fingerprint density at radius 3 is 2.74 bits per heavy atom. The molecule has 0 aromatic heterocycles. The molecule has 4 nitrogen and oxygen atoms in total. The lowest BCUT2D eigenvalue weighted by molar-refractivity contribution is -0.201. The number of rotatable bonds is 5. The number of aliphatic hydroxyl groups excluding tert-OH is 1. The third-order valence-electron chi connectivity index (χ3n) is 2.04. The van der Waals surface area contributed by atoms with Crippen LogP contribution in [0.4, 0.5) is 13.2 Å². The second-order valence-corrected chi connectivity index (χ2v) is 4.04. The molecule has 106 valence electrons. The van der Waals surface area contributed by atoms with Gasteiger partial charge in [-0.25, -0.2) is 0 Å². The summed E-state index contributed by atoms with van der Waals surface area (Å²) < 4.78 is 40.8. The van der Waals surface area contributed by atoms with Crippen LogP contribution in [0.1, 0.15) is 0 Å². The number of ether oxygens (including phenoxy) is 1. The maximum atomic E-state index is 11.9. The second kappa shape index (κ2) is 6.63. The maximum absolute atomic E-state index is 11.9. The minimum Gasteiger partial charge on any atom is -0.484 e. The van der Waals surface area contributed by atoms with Crippen LogP contribution in [0, 0.1) is 0 Å². The second-order valence-electron chi connectivity index (χ2n) is 3.61. The monoisotopic (exact) mass is 297 g/mol. The van der Waals surface area contributed by atoms with E-state index in [0.29, 0.717) is 10.8 Å². The fourth-order valence-corrected chi connectivity index (χ4v) is 1.26. The molecule has 1 atom stereocenters. The number of hydrogen-bond donors (Lipinski definition) is 2. The van der Waals surface area contributed by atoms with Crippen molar-refractivity contribution in [2.75, 3.05) is 13.2 Å². The molecule has 2 N–H and O–H groups in total. The number of benzene rings is 1. The Morgan fingerprint density at radius 2 is 2.16 bits per heavy atom. The van der Waals surface area contributed by atoms with Crippen LogP contribution < -0.4 is 10.1 Å². The van der Waals surface area contributed by atoms with Crippen molar-refractivity contribution in [3.8, 4) is 5.75 Å². The van der Waals surface area contributed by atoms with Crippen molar-refractivity contribution in [1.29, 1.82) is 0 Å². The van der Waals surface area contributed by atoms with Gasteiger partial charge in [0.05, 0.1) is 6.54 Å². The highest BCUT2D eigenvalue weighted by molar-refractivity contribution is 6.30. The summed E-state index contributed by atoms with van der Waals surface area (Å²) in [4.78, 5) is 11.2. The molecular weight excluding hydrogens is 287 g/mol. The fraction of sp³-hybridized carbons (Fsp3) is 0.364. The molecule has 8 heteroatoms. The first kappa shape index (κ1) is 15.6. The van der Waals surface area contributed by atoms with Crippen LogP contribution in [0.5, 0.6) is 5.75 Å². The highest BCUT2D eigenvalue weighted by Gasteiger charge is 2.38. The van der Waals surface area contributed by atoms with Gasteiger partial charge in [-0.05, 0) is 18.2 Å². The first-order valence-electron chi connectivity index (χ1n) is 5.19. The molecule has 0 radical (unpaired) electrons. The van der Waals surface area contributed by atoms with Crippen molar-refractivity contribution in [1.82, 2.24) is 5.32 Å². The lowest BCUT2D eigenvalue weighted by Crippen LogP contribution is -2.42. The lowest BCUT2D eigenvalue weighted by Gasteiger charge is -2.15. The van der Waals surface area contributed by atoms with Gasteiger partial charge in [0.1, 0.15) is 5.75 Å². The van der Waals surface area contributed by atoms with Gasteiger partial charge in [0.15, 0.2) is 12.7 Å². The van der Waals surface area contributed by atoms with Crippen molar-refractivity contribution in [2.24, 2.45) is 0 Å². The van der Waals surface area contributed by atoms with Crippen molar-refractivity contribution in [3.63, 3.8) is 0 Å². The molecule has 19 heavy (non-hydrogen) atoms. The number of aliphatic hydroxyl groups is 1. The van der Waals surface area contributed by atoms with Crippen molar-refractivity contribution in [2.45, 2.75) is 12.3 Å². The highest BCUT2D eigenvalue weighted by atomic mass is 35.5. The Balaban J connectivity index is 2.33. The smallest absolute Gasteiger partial charge is 0.416 e. The molecule has 0 bridgehead atoms. The molecule has 0 spiro atoms. The van der Waals surface area contributed by atoms with Gasteiger partial charge in [-0.3, -0.25) is 4.79 Å². The third kappa shape index (κ3) is 5.80. The largest absolute Gasteiger partial charge is 0.484 e. The summed E-state index contributed by atoms with van der Waals surface area (Å²) in [6.07, 6.45) is -7.36. The average molecular weight is 298 g/mol. The highest BCUT2D eigenvalue weighted by Crippen LogP contribution is 2.19. The Kier molecular flexibility index (Phi) is 5.44. The van der Waals surface area contributed by atoms with Crippen molar-refractivity contribution in [3.05, 3.63) is 29.3 Å². The normalized spacial score (nSPS) is 12.9. The zero-order chi connectivity index (χ0) is 14.5. The molecule has 0 heterocycles. The van der Waals surface area contributed by atoms with Gasteiger partial charge in [0, 0.05) is 5.02 Å². The van der Waals surface area contributed by atoms with Crippen LogP contribution in [0.3, 0.4) is 0 Å². The molecule has 1 amide bonds. The van der Waals surface area contributed by atoms with E-state index in [2.05, 4.69) is 0 Å². The van der Waals surface area contributed by atoms with Crippen molar-refractivity contribution >= 4 is 17.5 Å². The Labute approximate surface area is 112 Å². The zero-order valence-corrected chi connectivity index (χ0v) is 10.3. The molecule has 1 aromatic carbocycles. The van der Waals surface area contributed by atoms with E-state index >= 15 is 0 Å². The van der Waals surface area contributed by atoms with Crippen molar-refractivity contribution < 1.29 is 27.8 Å². The van der Waals surface area contributed by atoms with Crippen LogP contribution in [0.15, 0.2) is 24.3 Å². The average Bonchev–Trinajstić information content (AvgIpc) is 2.32. The van der Waals surface area contributed by atoms with E-state index in [1.165, 1.54) is 6.07 Å². The molecule has 1 rings (SSSR count). The Bertz CT molecular complexity index is 439. The van der Waals surface area contributed by atoms with Gasteiger partial charge in [-0.15, -0.1) is 0 Å². The minimum atomic E-state index is -4.76. The quantitative estimate of drug-likeness (QED) is 0.870. The summed E-state index contributed by atoms with van der Waals surface area (Å²) in [5, 5.41) is 11.0. The third-order valence-corrected chi connectivity index (χ3v) is 2.27. The summed E-state index contributed by atoms with van der Waals surface area (Å²) >= 11 is 5.67. The topological polar surface area (TPSA) is 58.6 Å². The molecule has 0 fully saturated rings. The maximum Gasteiger partial charge on any atom is 0.416 e. The zero-order valence-electron chi connectivity index (χ0n) is 9.58. The Morgan fingerprint density at radius 1 is 1.47 bits per heavy atom. The summed E-state index contributed by atoms with van der Waals surface area (Å²) in [6.45, 7) is -1.38. The number of nitrogens with one attached hydrogen (secondary N) is 1. The van der Waals surface area contributed by atoms with Gasteiger partial charge >= 0.3 is 6.18 Å². The summed E-state index contributed by atoms with van der Waals surface area (Å²) in [5.74, 6) is -0.456. The molecule has 1 aromatic rings. The predicted molar refractivity (Wildman–Crippen MR) is 62.0 cm³/mol. The first-order valence-corrected chi connectivity index (χ1v) is 5.56. The van der Waals surface area contributed by atoms with E-state index in [-0.39, 0.29) is 0 Å². The lowest BCUT2D eigenvalue weighted by atomic mass is 10.3. The fourth-order valence-electron chi connectivity index (χ4n) is 1.08. The Hall–Kier alpha value is -1.47. The van der Waals surface area contributed by atoms with Gasteiger partial charge < -0.3 is 15.2 Å². The van der Waals surface area contributed by atoms with Gasteiger partial charge in [-0.2, -0.15) is 13.2 Å². The van der Waals surface area contributed by atoms with E-state index in [0.717, 1.165) is 0 Å². The van der Waals surface area contributed by atoms with Gasteiger partial charge in [-0.1, -0.05) is 17.7 Å². The molecule has 0 saturated carbocycles. The van der Waals surface area contributed by atoms with E-state index in [4.69, 9.17) is 21.4 Å². The van der Waals surface area contributed by atoms with E-state index < -0.39 is 31.3 Å². The minimum absolute atomic E-state index is 0.319.